The Kier molecular flexibility index (Phi) is 5.40. The number of hydrogen-bond acceptors (Lipinski definition) is 4. The van der Waals surface area contributed by atoms with Gasteiger partial charge in [0.2, 0.25) is 5.91 Å². The number of nitrogens with one attached hydrogen (secondary N) is 2. The Morgan fingerprint density at radius 1 is 1.29 bits per heavy atom. The molecule has 0 spiro atoms. The first kappa shape index (κ1) is 16.8. The van der Waals surface area contributed by atoms with E-state index in [1.807, 2.05) is 30.3 Å². The van der Waals surface area contributed by atoms with E-state index in [-0.39, 0.29) is 11.9 Å². The van der Waals surface area contributed by atoms with E-state index < -0.39 is 0 Å². The van der Waals surface area contributed by atoms with E-state index in [4.69, 9.17) is 0 Å². The van der Waals surface area contributed by atoms with E-state index in [2.05, 4.69) is 35.8 Å². The maximum absolute atomic E-state index is 12.1. The number of rotatable bonds is 6. The molecule has 2 aromatic heterocycles. The standard InChI is InChI=1S/C18H19N3OS2/c1-21(2)14(16-8-5-11-23-16)12-19-17(22)9-10-18-20-13-6-3-4-7-15(13)24-18/h3-11,14H,12H2,1-2H3,(H,19,22)/p+1/b10-9+/t14-/m1/s1. The molecule has 3 rings (SSSR count). The second-order valence-corrected chi connectivity index (χ2v) is 7.79. The fourth-order valence-corrected chi connectivity index (χ4v) is 4.27. The van der Waals surface area contributed by atoms with Crippen LogP contribution in [0.1, 0.15) is 15.9 Å². The first-order valence-corrected chi connectivity index (χ1v) is 9.48. The van der Waals surface area contributed by atoms with Crippen molar-refractivity contribution in [1.82, 2.24) is 10.3 Å². The molecule has 3 aromatic rings. The summed E-state index contributed by atoms with van der Waals surface area (Å²) in [6.07, 6.45) is 3.34. The first-order chi connectivity index (χ1) is 11.6. The number of carbonyl (C=O) groups excluding carboxylic acids is 1. The molecule has 0 radical (unpaired) electrons. The Morgan fingerprint density at radius 2 is 2.12 bits per heavy atom. The average molecular weight is 359 g/mol. The lowest BCUT2D eigenvalue weighted by atomic mass is 10.2. The Bertz CT molecular complexity index is 804. The third-order valence-corrected chi connectivity index (χ3v) is 5.74. The minimum absolute atomic E-state index is 0.0861. The van der Waals surface area contributed by atoms with Crippen molar-refractivity contribution in [2.75, 3.05) is 20.6 Å². The Labute approximate surface area is 149 Å². The summed E-state index contributed by atoms with van der Waals surface area (Å²) in [4.78, 5) is 19.2. The maximum Gasteiger partial charge on any atom is 0.244 e. The molecule has 0 saturated carbocycles. The number of carbonyl (C=O) groups is 1. The molecule has 0 aliphatic carbocycles. The summed E-state index contributed by atoms with van der Waals surface area (Å²) in [5, 5.41) is 5.91. The van der Waals surface area contributed by atoms with Gasteiger partial charge in [0.25, 0.3) is 0 Å². The maximum atomic E-state index is 12.1. The summed E-state index contributed by atoms with van der Waals surface area (Å²) in [7, 11) is 4.21. The van der Waals surface area contributed by atoms with E-state index in [0.717, 1.165) is 15.2 Å². The molecular formula is C18H20N3OS2+. The molecule has 124 valence electrons. The number of benzene rings is 1. The number of quaternary nitrogens is 1. The zero-order chi connectivity index (χ0) is 16.9. The van der Waals surface area contributed by atoms with E-state index in [9.17, 15) is 4.79 Å². The van der Waals surface area contributed by atoms with Crippen LogP contribution >= 0.6 is 22.7 Å². The van der Waals surface area contributed by atoms with Crippen LogP contribution in [0.15, 0.2) is 47.9 Å². The summed E-state index contributed by atoms with van der Waals surface area (Å²) in [5.41, 5.74) is 0.969. The molecule has 24 heavy (non-hydrogen) atoms. The number of nitrogens with zero attached hydrogens (tertiary/aromatic N) is 1. The molecule has 1 amide bonds. The molecule has 2 N–H and O–H groups in total. The van der Waals surface area contributed by atoms with Crippen LogP contribution in [0.4, 0.5) is 0 Å². The zero-order valence-electron chi connectivity index (χ0n) is 13.7. The predicted octanol–water partition coefficient (Wildman–Crippen LogP) is 2.37. The summed E-state index contributed by atoms with van der Waals surface area (Å²) < 4.78 is 1.13. The molecule has 4 nitrogen and oxygen atoms in total. The predicted molar refractivity (Wildman–Crippen MR) is 102 cm³/mol. The summed E-state index contributed by atoms with van der Waals surface area (Å²) in [5.74, 6) is -0.0861. The number of hydrogen-bond donors (Lipinski definition) is 2. The van der Waals surface area contributed by atoms with Gasteiger partial charge in [-0.25, -0.2) is 4.98 Å². The lowest BCUT2D eigenvalue weighted by molar-refractivity contribution is -0.890. The third kappa shape index (κ3) is 4.08. The van der Waals surface area contributed by atoms with Gasteiger partial charge in [-0.15, -0.1) is 22.7 Å². The van der Waals surface area contributed by atoms with Crippen LogP contribution in [0, 0.1) is 0 Å². The minimum Gasteiger partial charge on any atom is -0.346 e. The van der Waals surface area contributed by atoms with Crippen molar-refractivity contribution < 1.29 is 9.69 Å². The van der Waals surface area contributed by atoms with Crippen LogP contribution in [0.25, 0.3) is 16.3 Å². The molecule has 6 heteroatoms. The summed E-state index contributed by atoms with van der Waals surface area (Å²) in [6.45, 7) is 0.617. The van der Waals surface area contributed by atoms with Crippen molar-refractivity contribution in [3.63, 3.8) is 0 Å². The van der Waals surface area contributed by atoms with Crippen molar-refractivity contribution in [3.8, 4) is 0 Å². The smallest absolute Gasteiger partial charge is 0.244 e. The van der Waals surface area contributed by atoms with Gasteiger partial charge in [-0.05, 0) is 29.7 Å². The van der Waals surface area contributed by atoms with Gasteiger partial charge in [0.05, 0.1) is 35.7 Å². The fraction of sp³-hybridized carbons (Fsp3) is 0.222. The van der Waals surface area contributed by atoms with Gasteiger partial charge in [0.15, 0.2) is 0 Å². The molecule has 0 unspecified atom stereocenters. The highest BCUT2D eigenvalue weighted by molar-refractivity contribution is 7.19. The minimum atomic E-state index is -0.0861. The largest absolute Gasteiger partial charge is 0.346 e. The van der Waals surface area contributed by atoms with Crippen LogP contribution in [-0.2, 0) is 4.79 Å². The number of amides is 1. The second kappa shape index (κ2) is 7.70. The molecule has 0 saturated heterocycles. The molecule has 0 aliphatic rings. The van der Waals surface area contributed by atoms with Crippen LogP contribution in [0.3, 0.4) is 0 Å². The first-order valence-electron chi connectivity index (χ1n) is 7.78. The van der Waals surface area contributed by atoms with Crippen molar-refractivity contribution in [2.24, 2.45) is 0 Å². The van der Waals surface area contributed by atoms with E-state index in [1.165, 1.54) is 9.78 Å². The van der Waals surface area contributed by atoms with Crippen LogP contribution < -0.4 is 10.2 Å². The molecule has 0 aliphatic heterocycles. The van der Waals surface area contributed by atoms with Gasteiger partial charge in [0.1, 0.15) is 11.0 Å². The number of thiophene rings is 1. The second-order valence-electron chi connectivity index (χ2n) is 5.74. The monoisotopic (exact) mass is 358 g/mol. The lowest BCUT2D eigenvalue weighted by Gasteiger charge is -2.20. The van der Waals surface area contributed by atoms with Gasteiger partial charge in [0, 0.05) is 6.08 Å². The summed E-state index contributed by atoms with van der Waals surface area (Å²) in [6, 6.07) is 12.4. The van der Waals surface area contributed by atoms with Crippen molar-refractivity contribution >= 4 is 44.9 Å². The van der Waals surface area contributed by atoms with Gasteiger partial charge in [-0.1, -0.05) is 18.2 Å². The van der Waals surface area contributed by atoms with Crippen LogP contribution in [-0.4, -0.2) is 31.5 Å². The summed E-state index contributed by atoms with van der Waals surface area (Å²) >= 11 is 3.31. The van der Waals surface area contributed by atoms with Gasteiger partial charge in [-0.3, -0.25) is 4.79 Å². The van der Waals surface area contributed by atoms with E-state index in [1.54, 1.807) is 34.8 Å². The highest BCUT2D eigenvalue weighted by Gasteiger charge is 2.19. The van der Waals surface area contributed by atoms with Gasteiger partial charge in [-0.2, -0.15) is 0 Å². The molecule has 1 aromatic carbocycles. The van der Waals surface area contributed by atoms with E-state index >= 15 is 0 Å². The van der Waals surface area contributed by atoms with Gasteiger partial charge >= 0.3 is 0 Å². The number of likely N-dealkylation sites (N-methyl/N-ethyl adjacent to an activating group) is 1. The number of thiazole rings is 1. The number of fused-ring (bicyclic) bond motifs is 1. The SMILES string of the molecule is C[NH+](C)[C@H](CNC(=O)/C=C/c1nc2ccccc2s1)c1cccs1. The Morgan fingerprint density at radius 3 is 2.83 bits per heavy atom. The Hall–Kier alpha value is -2.02. The number of aromatic nitrogens is 1. The highest BCUT2D eigenvalue weighted by Crippen LogP contribution is 2.22. The lowest BCUT2D eigenvalue weighted by Crippen LogP contribution is -3.06. The van der Waals surface area contributed by atoms with Crippen molar-refractivity contribution in [1.29, 1.82) is 0 Å². The highest BCUT2D eigenvalue weighted by atomic mass is 32.1. The molecule has 0 bridgehead atoms. The molecule has 0 fully saturated rings. The van der Waals surface area contributed by atoms with Gasteiger partial charge < -0.3 is 10.2 Å². The third-order valence-electron chi connectivity index (χ3n) is 3.75. The normalized spacial score (nSPS) is 13.0. The van der Waals surface area contributed by atoms with Crippen LogP contribution in [0.2, 0.25) is 0 Å². The molecular weight excluding hydrogens is 338 g/mol. The number of para-hydroxylation sites is 1. The van der Waals surface area contributed by atoms with Crippen molar-refractivity contribution in [2.45, 2.75) is 6.04 Å². The zero-order valence-corrected chi connectivity index (χ0v) is 15.3. The fourth-order valence-electron chi connectivity index (χ4n) is 2.45. The molecule has 1 atom stereocenters. The van der Waals surface area contributed by atoms with E-state index in [0.29, 0.717) is 6.54 Å². The quantitative estimate of drug-likeness (QED) is 0.665. The topological polar surface area (TPSA) is 46.4 Å². The van der Waals surface area contributed by atoms with Crippen molar-refractivity contribution in [3.05, 3.63) is 57.7 Å². The van der Waals surface area contributed by atoms with Crippen LogP contribution in [0.5, 0.6) is 0 Å². The Balaban J connectivity index is 1.60. The molecule has 2 heterocycles. The average Bonchev–Trinajstić information content (AvgIpc) is 3.22.